The van der Waals surface area contributed by atoms with Crippen LogP contribution in [-0.2, 0) is 4.74 Å². The second kappa shape index (κ2) is 9.89. The first-order valence-corrected chi connectivity index (χ1v) is 12.9. The molecule has 13 heteroatoms. The Kier molecular flexibility index (Phi) is 6.50. The van der Waals surface area contributed by atoms with Crippen molar-refractivity contribution in [2.24, 2.45) is 5.41 Å². The number of carboxylic acid groups (broad SMARTS) is 1. The molecule has 0 bridgehead atoms. The van der Waals surface area contributed by atoms with Crippen LogP contribution in [0.4, 0.5) is 18.0 Å². The lowest BCUT2D eigenvalue weighted by Gasteiger charge is -2.37. The van der Waals surface area contributed by atoms with Gasteiger partial charge in [0.25, 0.3) is 0 Å². The third-order valence-corrected chi connectivity index (χ3v) is 7.37. The number of alkyl halides is 3. The van der Waals surface area contributed by atoms with Crippen LogP contribution in [0.5, 0.6) is 5.75 Å². The molecule has 2 saturated heterocycles. The Balaban J connectivity index is 1.40. The average Bonchev–Trinajstić information content (AvgIpc) is 3.58. The van der Waals surface area contributed by atoms with E-state index in [2.05, 4.69) is 22.4 Å². The summed E-state index contributed by atoms with van der Waals surface area (Å²) in [6, 6.07) is 8.58. The highest BCUT2D eigenvalue weighted by Crippen LogP contribution is 2.40. The minimum Gasteiger partial charge on any atom is -0.491 e. The van der Waals surface area contributed by atoms with Gasteiger partial charge in [0.1, 0.15) is 17.0 Å². The van der Waals surface area contributed by atoms with Gasteiger partial charge in [-0.3, -0.25) is 9.30 Å². The lowest BCUT2D eigenvalue weighted by molar-refractivity contribution is -0.185. The van der Waals surface area contributed by atoms with Crippen molar-refractivity contribution >= 4 is 22.6 Å². The lowest BCUT2D eigenvalue weighted by atomic mass is 9.90. The number of hydrogen-bond acceptors (Lipinski definition) is 7. The van der Waals surface area contributed by atoms with Gasteiger partial charge >= 0.3 is 12.3 Å². The minimum absolute atomic E-state index is 0.0766. The van der Waals surface area contributed by atoms with E-state index in [9.17, 15) is 23.1 Å². The zero-order chi connectivity index (χ0) is 28.1. The Morgan fingerprint density at radius 3 is 2.75 bits per heavy atom. The first-order chi connectivity index (χ1) is 19.1. The normalized spacial score (nSPS) is 19.4. The van der Waals surface area contributed by atoms with Gasteiger partial charge in [-0.15, -0.1) is 10.2 Å². The van der Waals surface area contributed by atoms with Crippen molar-refractivity contribution in [2.45, 2.75) is 31.6 Å². The summed E-state index contributed by atoms with van der Waals surface area (Å²) in [5, 5.41) is 21.9. The molecule has 2 N–H and O–H groups in total. The Morgan fingerprint density at radius 2 is 2.08 bits per heavy atom. The third-order valence-electron chi connectivity index (χ3n) is 7.37. The second-order valence-corrected chi connectivity index (χ2v) is 10.6. The summed E-state index contributed by atoms with van der Waals surface area (Å²) in [5.74, 6) is 0.791. The number of benzene rings is 1. The molecular formula is C27H27F3N6O4. The van der Waals surface area contributed by atoms with Crippen molar-refractivity contribution in [1.29, 1.82) is 0 Å². The Labute approximate surface area is 226 Å². The number of pyridine rings is 2. The zero-order valence-corrected chi connectivity index (χ0v) is 21.6. The molecule has 2 aliphatic rings. The van der Waals surface area contributed by atoms with Crippen LogP contribution in [-0.4, -0.2) is 80.8 Å². The fourth-order valence-corrected chi connectivity index (χ4v) is 5.25. The second-order valence-electron chi connectivity index (χ2n) is 10.6. The first kappa shape index (κ1) is 26.3. The van der Waals surface area contributed by atoms with E-state index in [1.807, 2.05) is 24.3 Å². The number of aromatic nitrogens is 4. The van der Waals surface area contributed by atoms with E-state index < -0.39 is 24.4 Å². The summed E-state index contributed by atoms with van der Waals surface area (Å²) in [7, 11) is 0. The number of para-hydroxylation sites is 1. The summed E-state index contributed by atoms with van der Waals surface area (Å²) >= 11 is 0. The maximum Gasteiger partial charge on any atom is 0.413 e. The minimum atomic E-state index is -4.85. The molecule has 2 fully saturated rings. The van der Waals surface area contributed by atoms with E-state index in [0.717, 1.165) is 5.39 Å². The molecule has 1 amide bonds. The summed E-state index contributed by atoms with van der Waals surface area (Å²) in [5.41, 5.74) is 0.942. The van der Waals surface area contributed by atoms with Crippen LogP contribution in [0.1, 0.15) is 24.9 Å². The molecular weight excluding hydrogens is 529 g/mol. The Hall–Kier alpha value is -3.97. The molecule has 0 radical (unpaired) electrons. The fraction of sp³-hybridized carbons (Fsp3) is 0.407. The molecule has 1 aromatic carbocycles. The van der Waals surface area contributed by atoms with Gasteiger partial charge in [-0.2, -0.15) is 13.2 Å². The van der Waals surface area contributed by atoms with Gasteiger partial charge in [0, 0.05) is 35.1 Å². The quantitative estimate of drug-likeness (QED) is 0.346. The van der Waals surface area contributed by atoms with Gasteiger partial charge < -0.3 is 19.9 Å². The largest absolute Gasteiger partial charge is 0.491 e. The number of nitrogens with zero attached hydrogens (tertiary/aromatic N) is 5. The fourth-order valence-electron chi connectivity index (χ4n) is 5.25. The van der Waals surface area contributed by atoms with Crippen LogP contribution in [0.25, 0.3) is 28.1 Å². The monoisotopic (exact) mass is 556 g/mol. The number of halogens is 3. The molecule has 0 aliphatic carbocycles. The van der Waals surface area contributed by atoms with Crippen LogP contribution in [0.3, 0.4) is 0 Å². The van der Waals surface area contributed by atoms with E-state index in [-0.39, 0.29) is 29.8 Å². The van der Waals surface area contributed by atoms with Crippen molar-refractivity contribution in [3.8, 4) is 17.3 Å². The van der Waals surface area contributed by atoms with Crippen LogP contribution < -0.4 is 10.1 Å². The molecule has 1 unspecified atom stereocenters. The number of amides is 1. The predicted molar refractivity (Wildman–Crippen MR) is 138 cm³/mol. The smallest absolute Gasteiger partial charge is 0.413 e. The standard InChI is InChI=1S/C27H27F3N6O4/c1-26(13-39-14-26)15-40-20-4-2-3-16-5-7-19(32-22(16)20)24-34-33-21-8-6-17(12-35(21)24)23(27(28,29)30)36(25(37)38)18-9-10-31-11-18/h2-8,12,18,23,31H,9-11,13-15H2,1H3,(H,37,38)/t18?,23-/m1/s1. The number of rotatable bonds is 7. The maximum absolute atomic E-state index is 14.4. The summed E-state index contributed by atoms with van der Waals surface area (Å²) in [6.07, 6.45) is -4.95. The van der Waals surface area contributed by atoms with Gasteiger partial charge in [-0.05, 0) is 31.2 Å². The van der Waals surface area contributed by atoms with E-state index in [1.165, 1.54) is 22.7 Å². The van der Waals surface area contributed by atoms with Gasteiger partial charge in [-0.25, -0.2) is 9.78 Å². The molecule has 210 valence electrons. The number of nitrogens with one attached hydrogen (secondary N) is 1. The molecule has 40 heavy (non-hydrogen) atoms. The molecule has 4 aromatic rings. The number of hydrogen-bond donors (Lipinski definition) is 2. The highest BCUT2D eigenvalue weighted by atomic mass is 19.4. The van der Waals surface area contributed by atoms with Crippen LogP contribution in [0.2, 0.25) is 0 Å². The third kappa shape index (κ3) is 4.79. The first-order valence-electron chi connectivity index (χ1n) is 12.9. The predicted octanol–water partition coefficient (Wildman–Crippen LogP) is 4.31. The van der Waals surface area contributed by atoms with Gasteiger partial charge in [0.15, 0.2) is 17.5 Å². The van der Waals surface area contributed by atoms with Crippen molar-refractivity contribution in [3.63, 3.8) is 0 Å². The number of fused-ring (bicyclic) bond motifs is 2. The van der Waals surface area contributed by atoms with Gasteiger partial charge in [-0.1, -0.05) is 31.2 Å². The average molecular weight is 557 g/mol. The summed E-state index contributed by atoms with van der Waals surface area (Å²) in [4.78, 5) is 17.3. The van der Waals surface area contributed by atoms with E-state index in [4.69, 9.17) is 14.5 Å². The molecule has 0 saturated carbocycles. The molecule has 3 aromatic heterocycles. The lowest BCUT2D eigenvalue weighted by Crippen LogP contribution is -2.48. The van der Waals surface area contributed by atoms with Gasteiger partial charge in [0.2, 0.25) is 0 Å². The molecule has 10 nitrogen and oxygen atoms in total. The topological polar surface area (TPSA) is 114 Å². The van der Waals surface area contributed by atoms with Gasteiger partial charge in [0.05, 0.1) is 19.8 Å². The molecule has 5 heterocycles. The molecule has 0 spiro atoms. The number of carbonyl (C=O) groups is 1. The molecule has 2 atom stereocenters. The van der Waals surface area contributed by atoms with Crippen molar-refractivity contribution in [1.82, 2.24) is 29.8 Å². The van der Waals surface area contributed by atoms with Crippen molar-refractivity contribution in [3.05, 3.63) is 54.2 Å². The summed E-state index contributed by atoms with van der Waals surface area (Å²) in [6.45, 7) is 4.34. The highest BCUT2D eigenvalue weighted by Gasteiger charge is 2.49. The van der Waals surface area contributed by atoms with Crippen molar-refractivity contribution in [2.75, 3.05) is 32.9 Å². The summed E-state index contributed by atoms with van der Waals surface area (Å²) < 4.78 is 56.1. The molecule has 2 aliphatic heterocycles. The maximum atomic E-state index is 14.4. The van der Waals surface area contributed by atoms with E-state index in [1.54, 1.807) is 6.07 Å². The van der Waals surface area contributed by atoms with E-state index >= 15 is 0 Å². The highest BCUT2D eigenvalue weighted by molar-refractivity contribution is 5.86. The van der Waals surface area contributed by atoms with E-state index in [0.29, 0.717) is 53.9 Å². The van der Waals surface area contributed by atoms with Crippen LogP contribution in [0.15, 0.2) is 48.7 Å². The van der Waals surface area contributed by atoms with Crippen molar-refractivity contribution < 1.29 is 32.5 Å². The molecule has 6 rings (SSSR count). The number of ether oxygens (including phenoxy) is 2. The Bertz CT molecular complexity index is 1570. The van der Waals surface area contributed by atoms with Crippen LogP contribution >= 0.6 is 0 Å². The SMILES string of the molecule is CC1(COc2cccc3ccc(-c4nnc5ccc([C@@H](N(C(=O)O)C6CCNC6)C(F)(F)F)cn45)nc23)COC1. The Morgan fingerprint density at radius 1 is 1.25 bits per heavy atom. The van der Waals surface area contributed by atoms with Crippen LogP contribution in [0, 0.1) is 5.41 Å². The zero-order valence-electron chi connectivity index (χ0n) is 21.6.